The van der Waals surface area contributed by atoms with Gasteiger partial charge in [0.1, 0.15) is 0 Å². The molecule has 5 nitrogen and oxygen atoms in total. The molecule has 0 heterocycles. The summed E-state index contributed by atoms with van der Waals surface area (Å²) >= 11 is 0. The van der Waals surface area contributed by atoms with Gasteiger partial charge in [0.15, 0.2) is 11.6 Å². The van der Waals surface area contributed by atoms with Crippen molar-refractivity contribution in [2.24, 2.45) is 5.92 Å². The lowest BCUT2D eigenvalue weighted by atomic mass is 9.81. The summed E-state index contributed by atoms with van der Waals surface area (Å²) in [6, 6.07) is 0. The van der Waals surface area contributed by atoms with Gasteiger partial charge < -0.3 is 9.84 Å². The molecule has 2 unspecified atom stereocenters. The molecule has 0 aliphatic heterocycles. The lowest BCUT2D eigenvalue weighted by molar-refractivity contribution is -0.145. The zero-order valence-electron chi connectivity index (χ0n) is 16.2. The molecule has 25 heavy (non-hydrogen) atoms. The Morgan fingerprint density at radius 3 is 2.20 bits per heavy atom. The number of carbonyl (C=O) groups is 3. The Bertz CT molecular complexity index is 622. The van der Waals surface area contributed by atoms with Gasteiger partial charge >= 0.3 is 5.97 Å². The van der Waals surface area contributed by atoms with Gasteiger partial charge in [0.25, 0.3) is 0 Å². The van der Waals surface area contributed by atoms with Crippen molar-refractivity contribution < 1.29 is 24.2 Å². The topological polar surface area (TPSA) is 80.7 Å². The van der Waals surface area contributed by atoms with Crippen LogP contribution in [-0.2, 0) is 19.1 Å². The number of ketones is 2. The summed E-state index contributed by atoms with van der Waals surface area (Å²) < 4.78 is 4.69. The van der Waals surface area contributed by atoms with Crippen LogP contribution >= 0.6 is 0 Å². The fraction of sp³-hybridized carbons (Fsp3) is 0.650. The number of methoxy groups -OCH3 is 1. The predicted molar refractivity (Wildman–Crippen MR) is 96.0 cm³/mol. The van der Waals surface area contributed by atoms with Gasteiger partial charge in [-0.25, -0.2) is 0 Å². The van der Waals surface area contributed by atoms with E-state index >= 15 is 0 Å². The van der Waals surface area contributed by atoms with Crippen LogP contribution in [0.4, 0.5) is 0 Å². The summed E-state index contributed by atoms with van der Waals surface area (Å²) in [4.78, 5) is 36.0. The largest absolute Gasteiger partial charge is 0.469 e. The molecule has 0 saturated carbocycles. The Kier molecular flexibility index (Phi) is 7.29. The number of carbonyl (C=O) groups excluding carboxylic acids is 3. The standard InChI is InChI=1S/C20H30O5/c1-12(19(23)25-6)8-7-10-20(5,24)11-9-16-15(4)17(21)13(2)14(3)18(16)22/h12,24H,7-11H2,1-6H3. The number of Topliss-reactive ketones (excluding diaryl/α,β-unsaturated/α-hetero) is 2. The average molecular weight is 350 g/mol. The highest BCUT2D eigenvalue weighted by Gasteiger charge is 2.30. The number of hydrogen-bond acceptors (Lipinski definition) is 5. The van der Waals surface area contributed by atoms with Crippen LogP contribution in [0, 0.1) is 5.92 Å². The minimum atomic E-state index is -0.948. The quantitative estimate of drug-likeness (QED) is 0.536. The highest BCUT2D eigenvalue weighted by atomic mass is 16.5. The molecule has 2 atom stereocenters. The molecule has 0 radical (unpaired) electrons. The zero-order chi connectivity index (χ0) is 19.4. The van der Waals surface area contributed by atoms with E-state index in [-0.39, 0.29) is 23.5 Å². The highest BCUT2D eigenvalue weighted by molar-refractivity contribution is 6.24. The van der Waals surface area contributed by atoms with Gasteiger partial charge in [0.05, 0.1) is 18.6 Å². The molecular formula is C20H30O5. The van der Waals surface area contributed by atoms with Crippen LogP contribution in [0.2, 0.25) is 0 Å². The van der Waals surface area contributed by atoms with Crippen molar-refractivity contribution in [3.05, 3.63) is 22.3 Å². The smallest absolute Gasteiger partial charge is 0.308 e. The molecule has 1 rings (SSSR count). The van der Waals surface area contributed by atoms with Crippen LogP contribution in [-0.4, -0.2) is 35.4 Å². The summed E-state index contributed by atoms with van der Waals surface area (Å²) in [6.07, 6.45) is 2.63. The fourth-order valence-electron chi connectivity index (χ4n) is 3.08. The van der Waals surface area contributed by atoms with Crippen LogP contribution in [0.1, 0.15) is 66.7 Å². The number of aliphatic hydroxyl groups is 1. The van der Waals surface area contributed by atoms with Crippen molar-refractivity contribution in [2.75, 3.05) is 7.11 Å². The second-order valence-electron chi connectivity index (χ2n) is 7.33. The van der Waals surface area contributed by atoms with E-state index in [2.05, 4.69) is 0 Å². The van der Waals surface area contributed by atoms with Crippen LogP contribution < -0.4 is 0 Å². The van der Waals surface area contributed by atoms with Gasteiger partial charge in [-0.2, -0.15) is 0 Å². The van der Waals surface area contributed by atoms with E-state index in [0.717, 1.165) is 0 Å². The molecule has 140 valence electrons. The highest BCUT2D eigenvalue weighted by Crippen LogP contribution is 2.30. The molecule has 0 aromatic carbocycles. The lowest BCUT2D eigenvalue weighted by Gasteiger charge is -2.26. The number of esters is 1. The lowest BCUT2D eigenvalue weighted by Crippen LogP contribution is -2.27. The van der Waals surface area contributed by atoms with Crippen LogP contribution in [0.5, 0.6) is 0 Å². The fourth-order valence-corrected chi connectivity index (χ4v) is 3.08. The van der Waals surface area contributed by atoms with Gasteiger partial charge in [0, 0.05) is 22.3 Å². The second-order valence-corrected chi connectivity index (χ2v) is 7.33. The van der Waals surface area contributed by atoms with Crippen molar-refractivity contribution in [2.45, 2.75) is 72.3 Å². The van der Waals surface area contributed by atoms with E-state index in [4.69, 9.17) is 4.74 Å². The second kappa shape index (κ2) is 8.56. The minimum absolute atomic E-state index is 0.0846. The van der Waals surface area contributed by atoms with Crippen LogP contribution in [0.25, 0.3) is 0 Å². The molecule has 0 aromatic heterocycles. The van der Waals surface area contributed by atoms with Crippen molar-refractivity contribution in [3.8, 4) is 0 Å². The summed E-state index contributed by atoms with van der Waals surface area (Å²) in [7, 11) is 1.37. The molecule has 0 fully saturated rings. The maximum absolute atomic E-state index is 12.4. The first kappa shape index (κ1) is 21.3. The first-order valence-electron chi connectivity index (χ1n) is 8.78. The van der Waals surface area contributed by atoms with Crippen molar-refractivity contribution >= 4 is 17.5 Å². The van der Waals surface area contributed by atoms with Gasteiger partial charge in [0.2, 0.25) is 0 Å². The van der Waals surface area contributed by atoms with Crippen LogP contribution in [0.15, 0.2) is 22.3 Å². The average Bonchev–Trinajstić information content (AvgIpc) is 2.57. The predicted octanol–water partition coefficient (Wildman–Crippen LogP) is 3.30. The summed E-state index contributed by atoms with van der Waals surface area (Å²) in [5.74, 6) is -0.619. The molecule has 1 aliphatic carbocycles. The van der Waals surface area contributed by atoms with E-state index in [0.29, 0.717) is 54.4 Å². The third kappa shape index (κ3) is 5.36. The maximum atomic E-state index is 12.4. The maximum Gasteiger partial charge on any atom is 0.308 e. The molecule has 1 aliphatic rings. The Balaban J connectivity index is 2.63. The molecule has 1 N–H and O–H groups in total. The van der Waals surface area contributed by atoms with Gasteiger partial charge in [-0.3, -0.25) is 14.4 Å². The van der Waals surface area contributed by atoms with Gasteiger partial charge in [-0.15, -0.1) is 0 Å². The molecular weight excluding hydrogens is 320 g/mol. The van der Waals surface area contributed by atoms with Crippen molar-refractivity contribution in [3.63, 3.8) is 0 Å². The van der Waals surface area contributed by atoms with E-state index in [1.807, 2.05) is 0 Å². The SMILES string of the molecule is COC(=O)C(C)CCCC(C)(O)CCC1=C(C)C(=O)C(C)=C(C)C1=O. The Labute approximate surface area is 150 Å². The van der Waals surface area contributed by atoms with E-state index in [1.165, 1.54) is 7.11 Å². The number of rotatable bonds is 8. The van der Waals surface area contributed by atoms with E-state index in [9.17, 15) is 19.5 Å². The van der Waals surface area contributed by atoms with E-state index < -0.39 is 5.60 Å². The van der Waals surface area contributed by atoms with Crippen molar-refractivity contribution in [1.29, 1.82) is 0 Å². The molecule has 0 saturated heterocycles. The normalized spacial score (nSPS) is 19.2. The molecule has 0 spiro atoms. The number of ether oxygens (including phenoxy) is 1. The molecule has 0 aromatic rings. The summed E-state index contributed by atoms with van der Waals surface area (Å²) in [5, 5.41) is 10.6. The third-order valence-electron chi connectivity index (χ3n) is 5.18. The molecule has 0 amide bonds. The Hall–Kier alpha value is -1.75. The third-order valence-corrected chi connectivity index (χ3v) is 5.18. The monoisotopic (exact) mass is 350 g/mol. The Morgan fingerprint density at radius 2 is 1.64 bits per heavy atom. The van der Waals surface area contributed by atoms with Gasteiger partial charge in [-0.1, -0.05) is 6.92 Å². The molecule has 0 bridgehead atoms. The number of hydrogen-bond donors (Lipinski definition) is 1. The summed E-state index contributed by atoms with van der Waals surface area (Å²) in [6.45, 7) is 8.56. The Morgan fingerprint density at radius 1 is 1.08 bits per heavy atom. The van der Waals surface area contributed by atoms with Crippen LogP contribution in [0.3, 0.4) is 0 Å². The first-order chi connectivity index (χ1) is 11.5. The van der Waals surface area contributed by atoms with Crippen molar-refractivity contribution in [1.82, 2.24) is 0 Å². The first-order valence-corrected chi connectivity index (χ1v) is 8.78. The zero-order valence-corrected chi connectivity index (χ0v) is 16.2. The summed E-state index contributed by atoms with van der Waals surface area (Å²) in [5.41, 5.74) is 1.06. The number of allylic oxidation sites excluding steroid dienone is 4. The minimum Gasteiger partial charge on any atom is -0.469 e. The van der Waals surface area contributed by atoms with E-state index in [1.54, 1.807) is 34.6 Å². The molecule has 5 heteroatoms. The van der Waals surface area contributed by atoms with Gasteiger partial charge in [-0.05, 0) is 59.8 Å².